The minimum absolute atomic E-state index is 0.0917. The highest BCUT2D eigenvalue weighted by molar-refractivity contribution is 6.43. The Morgan fingerprint density at radius 2 is 1.74 bits per heavy atom. The van der Waals surface area contributed by atoms with E-state index in [9.17, 15) is 19.2 Å². The topological polar surface area (TPSA) is 127 Å². The number of benzene rings is 1. The normalized spacial score (nSPS) is 10.0. The molecule has 1 aromatic carbocycles. The molecule has 0 bridgehead atoms. The summed E-state index contributed by atoms with van der Waals surface area (Å²) in [6.45, 7) is 3.42. The number of methoxy groups -OCH3 is 1. The van der Waals surface area contributed by atoms with E-state index in [-0.39, 0.29) is 23.4 Å². The summed E-state index contributed by atoms with van der Waals surface area (Å²) < 4.78 is 9.39. The zero-order valence-corrected chi connectivity index (χ0v) is 15.0. The Labute approximate surface area is 155 Å². The standard InChI is InChI=1S/C18H19N3O6/c1-4-27-17(24)12-10(2)19-14(13(12)11-8-6-5-7-9-11)15(22)16(23)20-21-18(25)26-3/h5-9,19H,4H2,1-3H3,(H,20,23)(H,21,25). The number of aromatic nitrogens is 1. The summed E-state index contributed by atoms with van der Waals surface area (Å²) >= 11 is 0. The van der Waals surface area contributed by atoms with E-state index in [1.807, 2.05) is 10.9 Å². The minimum Gasteiger partial charge on any atom is -0.462 e. The van der Waals surface area contributed by atoms with Crippen LogP contribution >= 0.6 is 0 Å². The number of Topliss-reactive ketones (excluding diaryl/α,β-unsaturated/α-hetero) is 1. The third kappa shape index (κ3) is 4.32. The molecule has 2 rings (SSSR count). The molecule has 0 atom stereocenters. The molecule has 0 radical (unpaired) electrons. The molecular formula is C18H19N3O6. The second-order valence-corrected chi connectivity index (χ2v) is 5.36. The average Bonchev–Trinajstić information content (AvgIpc) is 3.03. The van der Waals surface area contributed by atoms with Crippen LogP contribution < -0.4 is 10.9 Å². The smallest absolute Gasteiger partial charge is 0.425 e. The SMILES string of the molecule is CCOC(=O)c1c(C)[nH]c(C(=O)C(=O)NNC(=O)OC)c1-c1ccccc1. The Morgan fingerprint density at radius 3 is 2.33 bits per heavy atom. The van der Waals surface area contributed by atoms with Gasteiger partial charge in [0, 0.05) is 11.3 Å². The molecule has 1 heterocycles. The van der Waals surface area contributed by atoms with E-state index in [1.165, 1.54) is 0 Å². The van der Waals surface area contributed by atoms with Gasteiger partial charge in [-0.05, 0) is 19.4 Å². The molecule has 142 valence electrons. The van der Waals surface area contributed by atoms with Gasteiger partial charge in [-0.1, -0.05) is 30.3 Å². The van der Waals surface area contributed by atoms with E-state index in [2.05, 4.69) is 9.72 Å². The molecule has 0 aliphatic heterocycles. The third-order valence-corrected chi connectivity index (χ3v) is 3.63. The van der Waals surface area contributed by atoms with Gasteiger partial charge in [-0.15, -0.1) is 0 Å². The summed E-state index contributed by atoms with van der Waals surface area (Å²) in [5.74, 6) is -2.68. The van der Waals surface area contributed by atoms with Crippen LogP contribution in [0.15, 0.2) is 30.3 Å². The second kappa shape index (κ2) is 8.65. The van der Waals surface area contributed by atoms with Gasteiger partial charge in [-0.3, -0.25) is 15.0 Å². The Morgan fingerprint density at radius 1 is 1.07 bits per heavy atom. The molecular weight excluding hydrogens is 354 g/mol. The van der Waals surface area contributed by atoms with Crippen LogP contribution in [0.2, 0.25) is 0 Å². The van der Waals surface area contributed by atoms with Gasteiger partial charge in [0.25, 0.3) is 5.78 Å². The summed E-state index contributed by atoms with van der Waals surface area (Å²) in [4.78, 5) is 50.9. The molecule has 9 nitrogen and oxygen atoms in total. The van der Waals surface area contributed by atoms with Crippen molar-refractivity contribution >= 4 is 23.8 Å². The highest BCUT2D eigenvalue weighted by Gasteiger charge is 2.29. The van der Waals surface area contributed by atoms with Gasteiger partial charge in [0.05, 0.1) is 19.3 Å². The molecule has 0 spiro atoms. The van der Waals surface area contributed by atoms with E-state index < -0.39 is 23.8 Å². The molecule has 3 N–H and O–H groups in total. The number of carbonyl (C=O) groups excluding carboxylic acids is 4. The first kappa shape index (κ1) is 19.7. The number of amides is 2. The van der Waals surface area contributed by atoms with Crippen molar-refractivity contribution in [3.8, 4) is 11.1 Å². The van der Waals surface area contributed by atoms with E-state index in [0.29, 0.717) is 11.3 Å². The van der Waals surface area contributed by atoms with Gasteiger partial charge in [-0.25, -0.2) is 15.0 Å². The molecule has 0 saturated carbocycles. The monoisotopic (exact) mass is 373 g/mol. The van der Waals surface area contributed by atoms with E-state index in [4.69, 9.17) is 4.74 Å². The molecule has 0 aliphatic carbocycles. The van der Waals surface area contributed by atoms with E-state index in [1.54, 1.807) is 44.2 Å². The largest absolute Gasteiger partial charge is 0.462 e. The lowest BCUT2D eigenvalue weighted by Gasteiger charge is -2.08. The first-order chi connectivity index (χ1) is 12.9. The second-order valence-electron chi connectivity index (χ2n) is 5.36. The number of rotatable bonds is 5. The number of ether oxygens (including phenoxy) is 2. The zero-order chi connectivity index (χ0) is 20.0. The Balaban J connectivity index is 2.48. The van der Waals surface area contributed by atoms with Gasteiger partial charge in [-0.2, -0.15) is 0 Å². The lowest BCUT2D eigenvalue weighted by molar-refractivity contribution is -0.117. The Bertz CT molecular complexity index is 873. The van der Waals surface area contributed by atoms with Crippen molar-refractivity contribution in [1.29, 1.82) is 0 Å². The number of esters is 1. The summed E-state index contributed by atoms with van der Waals surface area (Å²) in [5.41, 5.74) is 5.13. The van der Waals surface area contributed by atoms with Crippen LogP contribution in [0.4, 0.5) is 4.79 Å². The van der Waals surface area contributed by atoms with Crippen LogP contribution in [0, 0.1) is 6.92 Å². The van der Waals surface area contributed by atoms with Gasteiger partial charge in [0.1, 0.15) is 5.69 Å². The molecule has 2 aromatic rings. The van der Waals surface area contributed by atoms with Gasteiger partial charge in [0.2, 0.25) is 0 Å². The number of aryl methyl sites for hydroxylation is 1. The summed E-state index contributed by atoms with van der Waals surface area (Å²) in [5, 5.41) is 0. The van der Waals surface area contributed by atoms with Crippen LogP contribution in [0.3, 0.4) is 0 Å². The maximum absolute atomic E-state index is 12.6. The number of hydrazine groups is 1. The van der Waals surface area contributed by atoms with E-state index in [0.717, 1.165) is 7.11 Å². The predicted molar refractivity (Wildman–Crippen MR) is 94.9 cm³/mol. The van der Waals surface area contributed by atoms with E-state index >= 15 is 0 Å². The van der Waals surface area contributed by atoms with Gasteiger partial charge < -0.3 is 14.5 Å². The van der Waals surface area contributed by atoms with Crippen LogP contribution in [0.5, 0.6) is 0 Å². The Kier molecular flexibility index (Phi) is 6.32. The molecule has 27 heavy (non-hydrogen) atoms. The first-order valence-corrected chi connectivity index (χ1v) is 8.04. The summed E-state index contributed by atoms with van der Waals surface area (Å²) in [7, 11) is 1.11. The number of aromatic amines is 1. The molecule has 0 aliphatic rings. The highest BCUT2D eigenvalue weighted by Crippen LogP contribution is 2.31. The fraction of sp³-hybridized carbons (Fsp3) is 0.222. The number of ketones is 1. The molecule has 1 aromatic heterocycles. The number of hydrogen-bond donors (Lipinski definition) is 3. The van der Waals surface area contributed by atoms with Crippen LogP contribution in [0.25, 0.3) is 11.1 Å². The maximum atomic E-state index is 12.6. The van der Waals surface area contributed by atoms with Crippen molar-refractivity contribution in [1.82, 2.24) is 15.8 Å². The quantitative estimate of drug-likeness (QED) is 0.317. The number of carbonyl (C=O) groups is 4. The van der Waals surface area contributed by atoms with Crippen molar-refractivity contribution in [2.24, 2.45) is 0 Å². The van der Waals surface area contributed by atoms with Crippen LogP contribution in [-0.4, -0.2) is 42.5 Å². The van der Waals surface area contributed by atoms with Crippen molar-refractivity contribution < 1.29 is 28.7 Å². The number of H-pyrrole nitrogens is 1. The maximum Gasteiger partial charge on any atom is 0.425 e. The number of hydrogen-bond acceptors (Lipinski definition) is 6. The van der Waals surface area contributed by atoms with Crippen molar-refractivity contribution in [3.63, 3.8) is 0 Å². The lowest BCUT2D eigenvalue weighted by Crippen LogP contribution is -2.45. The van der Waals surface area contributed by atoms with Crippen LogP contribution in [0.1, 0.15) is 33.5 Å². The predicted octanol–water partition coefficient (Wildman–Crippen LogP) is 1.74. The van der Waals surface area contributed by atoms with Crippen molar-refractivity contribution in [2.75, 3.05) is 13.7 Å². The summed E-state index contributed by atoms with van der Waals surface area (Å²) in [6.07, 6.45) is -0.936. The highest BCUT2D eigenvalue weighted by atomic mass is 16.5. The molecule has 0 unspecified atom stereocenters. The molecule has 0 saturated heterocycles. The average molecular weight is 373 g/mol. The van der Waals surface area contributed by atoms with Crippen LogP contribution in [-0.2, 0) is 14.3 Å². The first-order valence-electron chi connectivity index (χ1n) is 8.04. The number of nitrogens with one attached hydrogen (secondary N) is 3. The molecule has 9 heteroatoms. The summed E-state index contributed by atoms with van der Waals surface area (Å²) in [6, 6.07) is 8.65. The molecule has 0 fully saturated rings. The van der Waals surface area contributed by atoms with Gasteiger partial charge >= 0.3 is 18.0 Å². The fourth-order valence-corrected chi connectivity index (χ4v) is 2.48. The van der Waals surface area contributed by atoms with Crippen molar-refractivity contribution in [2.45, 2.75) is 13.8 Å². The zero-order valence-electron chi connectivity index (χ0n) is 15.0. The Hall–Kier alpha value is -3.62. The van der Waals surface area contributed by atoms with Crippen molar-refractivity contribution in [3.05, 3.63) is 47.3 Å². The molecule has 2 amide bonds. The minimum atomic E-state index is -1.10. The lowest BCUT2D eigenvalue weighted by atomic mass is 9.98. The fourth-order valence-electron chi connectivity index (χ4n) is 2.48. The van der Waals surface area contributed by atoms with Gasteiger partial charge in [0.15, 0.2) is 0 Å². The third-order valence-electron chi connectivity index (χ3n) is 3.63.